The predicted molar refractivity (Wildman–Crippen MR) is 82.7 cm³/mol. The third kappa shape index (κ3) is 2.44. The molecule has 21 heavy (non-hydrogen) atoms. The summed E-state index contributed by atoms with van der Waals surface area (Å²) >= 11 is 6.03. The predicted octanol–water partition coefficient (Wildman–Crippen LogP) is 3.84. The quantitative estimate of drug-likeness (QED) is 0.876. The molecule has 5 heteroatoms. The Morgan fingerprint density at radius 1 is 1.43 bits per heavy atom. The van der Waals surface area contributed by atoms with E-state index in [1.165, 1.54) is 0 Å². The summed E-state index contributed by atoms with van der Waals surface area (Å²) in [5.41, 5.74) is 1.84. The second-order valence-electron chi connectivity index (χ2n) is 5.34. The summed E-state index contributed by atoms with van der Waals surface area (Å²) < 4.78 is 2.10. The largest absolute Gasteiger partial charge is 0.481 e. The lowest BCUT2D eigenvalue weighted by Crippen LogP contribution is -2.25. The van der Waals surface area contributed by atoms with Crippen molar-refractivity contribution in [1.29, 1.82) is 0 Å². The molecule has 1 heterocycles. The van der Waals surface area contributed by atoms with Crippen molar-refractivity contribution in [1.82, 2.24) is 9.55 Å². The standard InChI is InChI=1S/C16H17ClN2O2/c1-2-19-14-8-7-10(17)9-13(14)18-15(19)11-5-3-4-6-12(11)16(20)21/h3-4,7-9,11-12H,2,5-6H2,1H3,(H,20,21). The zero-order valence-corrected chi connectivity index (χ0v) is 12.5. The summed E-state index contributed by atoms with van der Waals surface area (Å²) in [6.07, 6.45) is 5.28. The van der Waals surface area contributed by atoms with E-state index >= 15 is 0 Å². The van der Waals surface area contributed by atoms with E-state index in [-0.39, 0.29) is 5.92 Å². The van der Waals surface area contributed by atoms with Gasteiger partial charge >= 0.3 is 5.97 Å². The second-order valence-corrected chi connectivity index (χ2v) is 5.78. The van der Waals surface area contributed by atoms with E-state index in [1.54, 1.807) is 0 Å². The Balaban J connectivity index is 2.14. The molecule has 2 unspecified atom stereocenters. The van der Waals surface area contributed by atoms with Crippen LogP contribution in [-0.4, -0.2) is 20.6 Å². The third-order valence-electron chi connectivity index (χ3n) is 4.14. The van der Waals surface area contributed by atoms with Gasteiger partial charge in [-0.2, -0.15) is 0 Å². The Morgan fingerprint density at radius 3 is 2.90 bits per heavy atom. The third-order valence-corrected chi connectivity index (χ3v) is 4.37. The highest BCUT2D eigenvalue weighted by atomic mass is 35.5. The fraction of sp³-hybridized carbons (Fsp3) is 0.375. The molecule has 0 bridgehead atoms. The zero-order valence-electron chi connectivity index (χ0n) is 11.8. The molecule has 2 atom stereocenters. The molecule has 2 aromatic rings. The van der Waals surface area contributed by atoms with Crippen LogP contribution in [0, 0.1) is 5.92 Å². The number of hydrogen-bond donors (Lipinski definition) is 1. The second kappa shape index (κ2) is 5.53. The lowest BCUT2D eigenvalue weighted by atomic mass is 9.82. The Hall–Kier alpha value is -1.81. The molecule has 110 valence electrons. The number of aryl methyl sites for hydroxylation is 1. The minimum Gasteiger partial charge on any atom is -0.481 e. The van der Waals surface area contributed by atoms with Crippen LogP contribution in [0.25, 0.3) is 11.0 Å². The molecule has 1 N–H and O–H groups in total. The normalized spacial score (nSPS) is 21.8. The van der Waals surface area contributed by atoms with E-state index in [9.17, 15) is 9.90 Å². The molecule has 0 aliphatic heterocycles. The summed E-state index contributed by atoms with van der Waals surface area (Å²) in [5, 5.41) is 10.1. The summed E-state index contributed by atoms with van der Waals surface area (Å²) in [6, 6.07) is 5.63. The van der Waals surface area contributed by atoms with Gasteiger partial charge in [0.15, 0.2) is 0 Å². The van der Waals surface area contributed by atoms with Crippen molar-refractivity contribution in [3.8, 4) is 0 Å². The maximum atomic E-state index is 11.5. The van der Waals surface area contributed by atoms with Crippen molar-refractivity contribution in [2.45, 2.75) is 32.2 Å². The molecule has 1 aromatic heterocycles. The van der Waals surface area contributed by atoms with Crippen LogP contribution >= 0.6 is 11.6 Å². The fourth-order valence-electron chi connectivity index (χ4n) is 3.11. The van der Waals surface area contributed by atoms with Gasteiger partial charge in [-0.05, 0) is 38.0 Å². The molecule has 1 aromatic carbocycles. The van der Waals surface area contributed by atoms with Crippen LogP contribution in [0.5, 0.6) is 0 Å². The van der Waals surface area contributed by atoms with Gasteiger partial charge in [0.2, 0.25) is 0 Å². The SMILES string of the molecule is CCn1c(C2CC=CCC2C(=O)O)nc2cc(Cl)ccc21. The summed E-state index contributed by atoms with van der Waals surface area (Å²) in [5.74, 6) is -0.394. The number of halogens is 1. The lowest BCUT2D eigenvalue weighted by molar-refractivity contribution is -0.142. The van der Waals surface area contributed by atoms with Gasteiger partial charge in [-0.3, -0.25) is 4.79 Å². The van der Waals surface area contributed by atoms with E-state index < -0.39 is 11.9 Å². The number of imidazole rings is 1. The van der Waals surface area contributed by atoms with Crippen LogP contribution in [0.2, 0.25) is 5.02 Å². The number of carbonyl (C=O) groups is 1. The fourth-order valence-corrected chi connectivity index (χ4v) is 3.28. The Morgan fingerprint density at radius 2 is 2.19 bits per heavy atom. The Kier molecular flexibility index (Phi) is 3.72. The number of nitrogens with zero attached hydrogens (tertiary/aromatic N) is 2. The van der Waals surface area contributed by atoms with Crippen LogP contribution in [0.3, 0.4) is 0 Å². The Labute approximate surface area is 128 Å². The van der Waals surface area contributed by atoms with Crippen molar-refractivity contribution in [3.63, 3.8) is 0 Å². The highest BCUT2D eigenvalue weighted by Crippen LogP contribution is 2.36. The lowest BCUT2D eigenvalue weighted by Gasteiger charge is -2.25. The van der Waals surface area contributed by atoms with Crippen molar-refractivity contribution in [2.75, 3.05) is 0 Å². The van der Waals surface area contributed by atoms with Gasteiger partial charge in [0.1, 0.15) is 5.82 Å². The van der Waals surface area contributed by atoms with Crippen LogP contribution in [0.4, 0.5) is 0 Å². The molecule has 3 rings (SSSR count). The van der Waals surface area contributed by atoms with E-state index in [4.69, 9.17) is 11.6 Å². The number of carboxylic acid groups (broad SMARTS) is 1. The minimum absolute atomic E-state index is 0.0846. The minimum atomic E-state index is -0.753. The summed E-state index contributed by atoms with van der Waals surface area (Å²) in [4.78, 5) is 16.2. The summed E-state index contributed by atoms with van der Waals surface area (Å²) in [6.45, 7) is 2.81. The van der Waals surface area contributed by atoms with Gasteiger partial charge in [0.25, 0.3) is 0 Å². The number of allylic oxidation sites excluding steroid dienone is 2. The smallest absolute Gasteiger partial charge is 0.307 e. The number of carboxylic acids is 1. The van der Waals surface area contributed by atoms with Gasteiger partial charge in [0, 0.05) is 17.5 Å². The molecule has 0 fully saturated rings. The highest BCUT2D eigenvalue weighted by molar-refractivity contribution is 6.31. The van der Waals surface area contributed by atoms with Crippen LogP contribution in [0.1, 0.15) is 31.5 Å². The topological polar surface area (TPSA) is 55.1 Å². The first-order valence-corrected chi connectivity index (χ1v) is 7.53. The monoisotopic (exact) mass is 304 g/mol. The van der Waals surface area contributed by atoms with Crippen LogP contribution < -0.4 is 0 Å². The van der Waals surface area contributed by atoms with E-state index in [0.29, 0.717) is 17.9 Å². The molecule has 0 saturated carbocycles. The molecule has 1 aliphatic carbocycles. The number of hydrogen-bond acceptors (Lipinski definition) is 2. The van der Waals surface area contributed by atoms with E-state index in [0.717, 1.165) is 23.4 Å². The van der Waals surface area contributed by atoms with Crippen LogP contribution in [-0.2, 0) is 11.3 Å². The maximum absolute atomic E-state index is 11.5. The number of fused-ring (bicyclic) bond motifs is 1. The first-order valence-electron chi connectivity index (χ1n) is 7.15. The molecule has 0 radical (unpaired) electrons. The molecule has 0 saturated heterocycles. The van der Waals surface area contributed by atoms with Gasteiger partial charge in [-0.15, -0.1) is 0 Å². The number of rotatable bonds is 3. The van der Waals surface area contributed by atoms with Crippen molar-refractivity contribution >= 4 is 28.6 Å². The van der Waals surface area contributed by atoms with Crippen LogP contribution in [0.15, 0.2) is 30.4 Å². The summed E-state index contributed by atoms with van der Waals surface area (Å²) in [7, 11) is 0. The molecule has 0 spiro atoms. The van der Waals surface area contributed by atoms with Gasteiger partial charge in [-0.1, -0.05) is 23.8 Å². The molecular formula is C16H17ClN2O2. The number of aromatic nitrogens is 2. The number of aliphatic carboxylic acids is 1. The van der Waals surface area contributed by atoms with Crippen molar-refractivity contribution < 1.29 is 9.90 Å². The highest BCUT2D eigenvalue weighted by Gasteiger charge is 2.33. The number of benzene rings is 1. The molecule has 4 nitrogen and oxygen atoms in total. The average molecular weight is 305 g/mol. The van der Waals surface area contributed by atoms with E-state index in [2.05, 4.69) is 15.6 Å². The zero-order chi connectivity index (χ0) is 15.0. The molecular weight excluding hydrogens is 288 g/mol. The van der Waals surface area contributed by atoms with Gasteiger partial charge in [-0.25, -0.2) is 4.98 Å². The molecule has 1 aliphatic rings. The van der Waals surface area contributed by atoms with Crippen molar-refractivity contribution in [2.24, 2.45) is 5.92 Å². The average Bonchev–Trinajstić information content (AvgIpc) is 2.84. The first-order chi connectivity index (χ1) is 10.1. The molecule has 0 amide bonds. The first kappa shape index (κ1) is 14.1. The van der Waals surface area contributed by atoms with Crippen molar-refractivity contribution in [3.05, 3.63) is 41.2 Å². The Bertz CT molecular complexity index is 720. The van der Waals surface area contributed by atoms with Gasteiger partial charge < -0.3 is 9.67 Å². The maximum Gasteiger partial charge on any atom is 0.307 e. The van der Waals surface area contributed by atoms with E-state index in [1.807, 2.05) is 31.2 Å². The van der Waals surface area contributed by atoms with Gasteiger partial charge in [0.05, 0.1) is 17.0 Å².